The molecule has 1 aromatic carbocycles. The maximum absolute atomic E-state index is 6.18. The lowest BCUT2D eigenvalue weighted by molar-refractivity contribution is 0.329. The van der Waals surface area contributed by atoms with Crippen LogP contribution < -0.4 is 10.2 Å². The molecule has 1 unspecified atom stereocenters. The van der Waals surface area contributed by atoms with Crippen LogP contribution in [-0.4, -0.2) is 19.1 Å². The molecule has 20 heavy (non-hydrogen) atoms. The molecule has 3 heteroatoms. The van der Waals surface area contributed by atoms with Gasteiger partial charge in [-0.2, -0.15) is 0 Å². The van der Waals surface area contributed by atoms with Crippen molar-refractivity contribution in [1.82, 2.24) is 5.32 Å². The summed E-state index contributed by atoms with van der Waals surface area (Å²) in [5.74, 6) is 0. The molecule has 1 aromatic rings. The van der Waals surface area contributed by atoms with Crippen molar-refractivity contribution in [1.29, 1.82) is 0 Å². The molecule has 1 N–H and O–H groups in total. The number of halogens is 1. The number of hydrogen-bond donors (Lipinski definition) is 1. The van der Waals surface area contributed by atoms with Gasteiger partial charge in [0.15, 0.2) is 0 Å². The maximum atomic E-state index is 6.18. The van der Waals surface area contributed by atoms with Crippen LogP contribution in [0.3, 0.4) is 0 Å². The van der Waals surface area contributed by atoms with Crippen molar-refractivity contribution in [3.63, 3.8) is 0 Å². The topological polar surface area (TPSA) is 15.3 Å². The van der Waals surface area contributed by atoms with Gasteiger partial charge in [-0.05, 0) is 48.9 Å². The first-order valence-corrected chi connectivity index (χ1v) is 7.91. The van der Waals surface area contributed by atoms with Gasteiger partial charge in [0.2, 0.25) is 0 Å². The van der Waals surface area contributed by atoms with Gasteiger partial charge in [0.05, 0.1) is 0 Å². The highest BCUT2D eigenvalue weighted by Gasteiger charge is 2.26. The Hall–Kier alpha value is -0.730. The lowest BCUT2D eigenvalue weighted by atomic mass is 9.86. The molecule has 2 rings (SSSR count). The van der Waals surface area contributed by atoms with Crippen molar-refractivity contribution in [3.05, 3.63) is 28.8 Å². The van der Waals surface area contributed by atoms with Gasteiger partial charge < -0.3 is 10.2 Å². The highest BCUT2D eigenvalue weighted by Crippen LogP contribution is 2.31. The van der Waals surface area contributed by atoms with Crippen LogP contribution in [0.5, 0.6) is 0 Å². The highest BCUT2D eigenvalue weighted by atomic mass is 35.5. The van der Waals surface area contributed by atoms with Gasteiger partial charge in [-0.3, -0.25) is 0 Å². The van der Waals surface area contributed by atoms with Gasteiger partial charge in [0.25, 0.3) is 0 Å². The van der Waals surface area contributed by atoms with Crippen LogP contribution in [0.4, 0.5) is 5.69 Å². The molecule has 2 nitrogen and oxygen atoms in total. The standard InChI is InChI=1S/C17H27ClN2/c1-12(17(2,3)4)20(5)16-9-6-14(18)10-13(16)11-19-15-7-8-15/h6,9-10,12,15,19H,7-8,11H2,1-5H3. The van der Waals surface area contributed by atoms with Crippen molar-refractivity contribution in [2.45, 2.75) is 59.2 Å². The highest BCUT2D eigenvalue weighted by molar-refractivity contribution is 6.30. The zero-order chi connectivity index (χ0) is 14.9. The van der Waals surface area contributed by atoms with Crippen LogP contribution in [0.2, 0.25) is 5.02 Å². The molecule has 1 aliphatic rings. The minimum atomic E-state index is 0.246. The van der Waals surface area contributed by atoms with E-state index in [2.05, 4.69) is 57.1 Å². The summed E-state index contributed by atoms with van der Waals surface area (Å²) in [5.41, 5.74) is 2.82. The van der Waals surface area contributed by atoms with Crippen LogP contribution in [0, 0.1) is 5.41 Å². The fraction of sp³-hybridized carbons (Fsp3) is 0.647. The molecule has 0 bridgehead atoms. The largest absolute Gasteiger partial charge is 0.371 e. The minimum Gasteiger partial charge on any atom is -0.371 e. The van der Waals surface area contributed by atoms with Crippen LogP contribution >= 0.6 is 11.6 Å². The van der Waals surface area contributed by atoms with Crippen LogP contribution in [0.15, 0.2) is 18.2 Å². The molecule has 0 saturated heterocycles. The Labute approximate surface area is 128 Å². The molecule has 0 radical (unpaired) electrons. The Morgan fingerprint density at radius 2 is 2.00 bits per heavy atom. The minimum absolute atomic E-state index is 0.246. The molecule has 1 aliphatic carbocycles. The van der Waals surface area contributed by atoms with Gasteiger partial charge in [0.1, 0.15) is 0 Å². The number of nitrogens with one attached hydrogen (secondary N) is 1. The van der Waals surface area contributed by atoms with Crippen molar-refractivity contribution in [2.24, 2.45) is 5.41 Å². The van der Waals surface area contributed by atoms with E-state index < -0.39 is 0 Å². The van der Waals surface area contributed by atoms with E-state index in [1.807, 2.05) is 6.07 Å². The number of hydrogen-bond acceptors (Lipinski definition) is 2. The summed E-state index contributed by atoms with van der Waals surface area (Å²) in [6.07, 6.45) is 2.62. The van der Waals surface area contributed by atoms with Gasteiger partial charge in [-0.25, -0.2) is 0 Å². The number of anilines is 1. The third kappa shape index (κ3) is 3.89. The molecule has 0 amide bonds. The monoisotopic (exact) mass is 294 g/mol. The molecule has 1 atom stereocenters. The quantitative estimate of drug-likeness (QED) is 0.862. The summed E-state index contributed by atoms with van der Waals surface area (Å²) in [5, 5.41) is 4.41. The van der Waals surface area contributed by atoms with E-state index in [-0.39, 0.29) is 5.41 Å². The van der Waals surface area contributed by atoms with Crippen LogP contribution in [0.1, 0.15) is 46.1 Å². The average Bonchev–Trinajstić information content (AvgIpc) is 3.17. The third-order valence-electron chi connectivity index (χ3n) is 4.41. The van der Waals surface area contributed by atoms with Crippen LogP contribution in [-0.2, 0) is 6.54 Å². The molecule has 0 heterocycles. The van der Waals surface area contributed by atoms with E-state index in [1.54, 1.807) is 0 Å². The molecule has 1 saturated carbocycles. The van der Waals surface area contributed by atoms with Crippen molar-refractivity contribution < 1.29 is 0 Å². The van der Waals surface area contributed by atoms with E-state index in [0.717, 1.165) is 11.6 Å². The summed E-state index contributed by atoms with van der Waals surface area (Å²) >= 11 is 6.18. The first-order valence-electron chi connectivity index (χ1n) is 7.53. The van der Waals surface area contributed by atoms with Crippen LogP contribution in [0.25, 0.3) is 0 Å². The molecule has 0 aliphatic heterocycles. The normalized spacial score (nSPS) is 17.1. The van der Waals surface area contributed by atoms with E-state index in [9.17, 15) is 0 Å². The second kappa shape index (κ2) is 5.95. The average molecular weight is 295 g/mol. The summed E-state index contributed by atoms with van der Waals surface area (Å²) < 4.78 is 0. The Kier molecular flexibility index (Phi) is 4.66. The Morgan fingerprint density at radius 1 is 1.35 bits per heavy atom. The molecular weight excluding hydrogens is 268 g/mol. The van der Waals surface area contributed by atoms with E-state index >= 15 is 0 Å². The smallest absolute Gasteiger partial charge is 0.0412 e. The summed E-state index contributed by atoms with van der Waals surface area (Å²) in [6.45, 7) is 10.0. The first kappa shape index (κ1) is 15.7. The molecule has 1 fully saturated rings. The number of rotatable bonds is 5. The Morgan fingerprint density at radius 3 is 2.55 bits per heavy atom. The zero-order valence-electron chi connectivity index (χ0n) is 13.3. The molecular formula is C17H27ClN2. The van der Waals surface area contributed by atoms with E-state index in [0.29, 0.717) is 12.1 Å². The zero-order valence-corrected chi connectivity index (χ0v) is 14.1. The van der Waals surface area contributed by atoms with E-state index in [1.165, 1.54) is 24.1 Å². The molecule has 0 spiro atoms. The van der Waals surface area contributed by atoms with Gasteiger partial charge >= 0.3 is 0 Å². The number of nitrogens with zero attached hydrogens (tertiary/aromatic N) is 1. The summed E-state index contributed by atoms with van der Waals surface area (Å²) in [4.78, 5) is 2.38. The predicted molar refractivity (Wildman–Crippen MR) is 88.6 cm³/mol. The summed E-state index contributed by atoms with van der Waals surface area (Å²) in [6, 6.07) is 7.41. The van der Waals surface area contributed by atoms with Crippen molar-refractivity contribution in [3.8, 4) is 0 Å². The lowest BCUT2D eigenvalue weighted by Gasteiger charge is -2.38. The van der Waals surface area contributed by atoms with Gasteiger partial charge in [-0.1, -0.05) is 32.4 Å². The Bertz CT molecular complexity index is 461. The van der Waals surface area contributed by atoms with Gasteiger partial charge in [0, 0.05) is 36.4 Å². The predicted octanol–water partition coefficient (Wildman–Crippen LogP) is 4.46. The maximum Gasteiger partial charge on any atom is 0.0412 e. The van der Waals surface area contributed by atoms with Gasteiger partial charge in [-0.15, -0.1) is 0 Å². The second-order valence-corrected chi connectivity index (χ2v) is 7.52. The first-order chi connectivity index (χ1) is 9.29. The number of benzene rings is 1. The second-order valence-electron chi connectivity index (χ2n) is 7.08. The fourth-order valence-corrected chi connectivity index (χ4v) is 2.57. The lowest BCUT2D eigenvalue weighted by Crippen LogP contribution is -2.40. The van der Waals surface area contributed by atoms with E-state index in [4.69, 9.17) is 11.6 Å². The summed E-state index contributed by atoms with van der Waals surface area (Å²) in [7, 11) is 2.18. The SMILES string of the molecule is CC(N(C)c1ccc(Cl)cc1CNC1CC1)C(C)(C)C. The molecule has 0 aromatic heterocycles. The fourth-order valence-electron chi connectivity index (χ4n) is 2.37. The Balaban J connectivity index is 2.19. The van der Waals surface area contributed by atoms with Crippen molar-refractivity contribution in [2.75, 3.05) is 11.9 Å². The molecule has 112 valence electrons. The third-order valence-corrected chi connectivity index (χ3v) is 4.65. The van der Waals surface area contributed by atoms with Crippen molar-refractivity contribution >= 4 is 17.3 Å².